The van der Waals surface area contributed by atoms with Crippen molar-refractivity contribution in [3.05, 3.63) is 29.5 Å². The second-order valence-corrected chi connectivity index (χ2v) is 4.73. The van der Waals surface area contributed by atoms with Gasteiger partial charge in [-0.2, -0.15) is 5.10 Å². The van der Waals surface area contributed by atoms with Gasteiger partial charge in [-0.1, -0.05) is 0 Å². The molecule has 3 rings (SSSR count). The largest absolute Gasteiger partial charge is 0.454 e. The highest BCUT2D eigenvalue weighted by atomic mass is 16.7. The van der Waals surface area contributed by atoms with Crippen molar-refractivity contribution < 1.29 is 9.47 Å². The molecule has 1 aromatic carbocycles. The van der Waals surface area contributed by atoms with Gasteiger partial charge in [0.1, 0.15) is 0 Å². The number of ether oxygens (including phenoxy) is 2. The minimum atomic E-state index is 0.295. The van der Waals surface area contributed by atoms with Crippen LogP contribution in [0.1, 0.15) is 11.1 Å². The van der Waals surface area contributed by atoms with Crippen LogP contribution >= 0.6 is 0 Å². The lowest BCUT2D eigenvalue weighted by Crippen LogP contribution is -2.05. The standard InChI is InChI=1S/C14H17N3O2/c1-9-4-12-13(19-8-18-12)5-11(9)14-10(6-15-2)7-17(3)16-14/h4-5,7,15H,6,8H2,1-3H3. The Kier molecular flexibility index (Phi) is 2.91. The maximum atomic E-state index is 5.45. The molecule has 0 bridgehead atoms. The Bertz CT molecular complexity index is 619. The number of fused-ring (bicyclic) bond motifs is 1. The van der Waals surface area contributed by atoms with Crippen LogP contribution in [0.3, 0.4) is 0 Å². The van der Waals surface area contributed by atoms with Gasteiger partial charge < -0.3 is 14.8 Å². The Morgan fingerprint density at radius 2 is 2.05 bits per heavy atom. The Labute approximate surface area is 112 Å². The molecule has 0 fully saturated rings. The molecular weight excluding hydrogens is 242 g/mol. The van der Waals surface area contributed by atoms with Gasteiger partial charge in [0, 0.05) is 30.9 Å². The van der Waals surface area contributed by atoms with Gasteiger partial charge >= 0.3 is 0 Å². The van der Waals surface area contributed by atoms with E-state index in [0.29, 0.717) is 6.79 Å². The van der Waals surface area contributed by atoms with Gasteiger partial charge in [-0.3, -0.25) is 4.68 Å². The molecular formula is C14H17N3O2. The van der Waals surface area contributed by atoms with E-state index in [1.807, 2.05) is 37.1 Å². The van der Waals surface area contributed by atoms with Crippen LogP contribution < -0.4 is 14.8 Å². The summed E-state index contributed by atoms with van der Waals surface area (Å²) >= 11 is 0. The predicted molar refractivity (Wildman–Crippen MR) is 72.3 cm³/mol. The quantitative estimate of drug-likeness (QED) is 0.913. The Morgan fingerprint density at radius 3 is 2.79 bits per heavy atom. The second kappa shape index (κ2) is 4.59. The highest BCUT2D eigenvalue weighted by molar-refractivity contribution is 5.70. The van der Waals surface area contributed by atoms with E-state index >= 15 is 0 Å². The number of nitrogens with zero attached hydrogens (tertiary/aromatic N) is 2. The normalized spacial score (nSPS) is 13.0. The summed E-state index contributed by atoms with van der Waals surface area (Å²) in [5.41, 5.74) is 4.40. The Balaban J connectivity index is 2.11. The van der Waals surface area contributed by atoms with Crippen molar-refractivity contribution >= 4 is 0 Å². The lowest BCUT2D eigenvalue weighted by Gasteiger charge is -2.07. The maximum Gasteiger partial charge on any atom is 0.231 e. The van der Waals surface area contributed by atoms with Crippen LogP contribution in [0, 0.1) is 6.92 Å². The number of aryl methyl sites for hydroxylation is 2. The number of nitrogens with one attached hydrogen (secondary N) is 1. The Morgan fingerprint density at radius 1 is 1.32 bits per heavy atom. The van der Waals surface area contributed by atoms with Crippen molar-refractivity contribution in [3.63, 3.8) is 0 Å². The summed E-state index contributed by atoms with van der Waals surface area (Å²) in [6.07, 6.45) is 2.04. The van der Waals surface area contributed by atoms with Gasteiger partial charge in [-0.05, 0) is 31.7 Å². The topological polar surface area (TPSA) is 48.3 Å². The van der Waals surface area contributed by atoms with Crippen LogP contribution in [-0.2, 0) is 13.6 Å². The summed E-state index contributed by atoms with van der Waals surface area (Å²) < 4.78 is 12.7. The van der Waals surface area contributed by atoms with Crippen LogP contribution in [0.2, 0.25) is 0 Å². The molecule has 1 aliphatic heterocycles. The van der Waals surface area contributed by atoms with E-state index in [1.165, 1.54) is 5.56 Å². The third kappa shape index (κ3) is 2.06. The SMILES string of the molecule is CNCc1cn(C)nc1-c1cc2c(cc1C)OCO2. The molecule has 0 atom stereocenters. The molecule has 0 unspecified atom stereocenters. The van der Waals surface area contributed by atoms with E-state index in [4.69, 9.17) is 9.47 Å². The van der Waals surface area contributed by atoms with Crippen LogP contribution in [0.15, 0.2) is 18.3 Å². The molecule has 5 heteroatoms. The van der Waals surface area contributed by atoms with Crippen molar-refractivity contribution in [3.8, 4) is 22.8 Å². The average molecular weight is 259 g/mol. The van der Waals surface area contributed by atoms with E-state index in [-0.39, 0.29) is 0 Å². The molecule has 2 heterocycles. The summed E-state index contributed by atoms with van der Waals surface area (Å²) in [4.78, 5) is 0. The molecule has 0 saturated heterocycles. The number of benzene rings is 1. The maximum absolute atomic E-state index is 5.45. The van der Waals surface area contributed by atoms with Crippen LogP contribution in [-0.4, -0.2) is 23.6 Å². The molecule has 0 aliphatic carbocycles. The molecule has 1 N–H and O–H groups in total. The third-order valence-corrected chi connectivity index (χ3v) is 3.25. The predicted octanol–water partition coefficient (Wildman–Crippen LogP) is 1.84. The zero-order valence-electron chi connectivity index (χ0n) is 11.4. The molecule has 0 amide bonds. The van der Waals surface area contributed by atoms with Gasteiger partial charge in [0.05, 0.1) is 5.69 Å². The van der Waals surface area contributed by atoms with Crippen molar-refractivity contribution in [2.45, 2.75) is 13.5 Å². The summed E-state index contributed by atoms with van der Waals surface area (Å²) in [5, 5.41) is 7.74. The van der Waals surface area contributed by atoms with E-state index in [1.54, 1.807) is 0 Å². The van der Waals surface area contributed by atoms with Crippen LogP contribution in [0.25, 0.3) is 11.3 Å². The van der Waals surface area contributed by atoms with Crippen molar-refractivity contribution in [1.82, 2.24) is 15.1 Å². The first-order valence-corrected chi connectivity index (χ1v) is 6.27. The van der Waals surface area contributed by atoms with Gasteiger partial charge in [-0.15, -0.1) is 0 Å². The number of aromatic nitrogens is 2. The van der Waals surface area contributed by atoms with Crippen molar-refractivity contribution in [2.75, 3.05) is 13.8 Å². The molecule has 100 valence electrons. The smallest absolute Gasteiger partial charge is 0.231 e. The second-order valence-electron chi connectivity index (χ2n) is 4.73. The fourth-order valence-corrected chi connectivity index (χ4v) is 2.38. The van der Waals surface area contributed by atoms with E-state index < -0.39 is 0 Å². The van der Waals surface area contributed by atoms with E-state index in [2.05, 4.69) is 17.3 Å². The van der Waals surface area contributed by atoms with Crippen molar-refractivity contribution in [1.29, 1.82) is 0 Å². The number of hydrogen-bond acceptors (Lipinski definition) is 4. The molecule has 1 aromatic heterocycles. The summed E-state index contributed by atoms with van der Waals surface area (Å²) in [5.74, 6) is 1.61. The Hall–Kier alpha value is -2.01. The van der Waals surface area contributed by atoms with Crippen molar-refractivity contribution in [2.24, 2.45) is 7.05 Å². The average Bonchev–Trinajstić information content (AvgIpc) is 2.95. The molecule has 19 heavy (non-hydrogen) atoms. The first-order chi connectivity index (χ1) is 9.19. The third-order valence-electron chi connectivity index (χ3n) is 3.25. The van der Waals surface area contributed by atoms with Gasteiger partial charge in [-0.25, -0.2) is 0 Å². The van der Waals surface area contributed by atoms with Gasteiger partial charge in [0.15, 0.2) is 11.5 Å². The fraction of sp³-hybridized carbons (Fsp3) is 0.357. The molecule has 5 nitrogen and oxygen atoms in total. The summed E-state index contributed by atoms with van der Waals surface area (Å²) in [6.45, 7) is 3.15. The highest BCUT2D eigenvalue weighted by Gasteiger charge is 2.19. The molecule has 0 radical (unpaired) electrons. The van der Waals surface area contributed by atoms with Gasteiger partial charge in [0.25, 0.3) is 0 Å². The lowest BCUT2D eigenvalue weighted by molar-refractivity contribution is 0.174. The van der Waals surface area contributed by atoms with E-state index in [9.17, 15) is 0 Å². The molecule has 0 spiro atoms. The van der Waals surface area contributed by atoms with Crippen LogP contribution in [0.5, 0.6) is 11.5 Å². The minimum absolute atomic E-state index is 0.295. The molecule has 0 saturated carbocycles. The lowest BCUT2D eigenvalue weighted by atomic mass is 10.0. The first kappa shape index (κ1) is 12.0. The highest BCUT2D eigenvalue weighted by Crippen LogP contribution is 2.38. The van der Waals surface area contributed by atoms with Gasteiger partial charge in [0.2, 0.25) is 6.79 Å². The monoisotopic (exact) mass is 259 g/mol. The van der Waals surface area contributed by atoms with E-state index in [0.717, 1.165) is 34.9 Å². The summed E-state index contributed by atoms with van der Waals surface area (Å²) in [6, 6.07) is 4.02. The number of rotatable bonds is 3. The minimum Gasteiger partial charge on any atom is -0.454 e. The fourth-order valence-electron chi connectivity index (χ4n) is 2.38. The zero-order valence-corrected chi connectivity index (χ0v) is 11.4. The first-order valence-electron chi connectivity index (χ1n) is 6.27. The zero-order chi connectivity index (χ0) is 13.4. The number of hydrogen-bond donors (Lipinski definition) is 1. The molecule has 1 aliphatic rings. The summed E-state index contributed by atoms with van der Waals surface area (Å²) in [7, 11) is 3.87. The van der Waals surface area contributed by atoms with Crippen LogP contribution in [0.4, 0.5) is 0 Å². The molecule has 2 aromatic rings.